The second-order valence-corrected chi connectivity index (χ2v) is 8.44. The molecule has 1 atom stereocenters. The fourth-order valence-corrected chi connectivity index (χ4v) is 4.62. The van der Waals surface area contributed by atoms with Gasteiger partial charge in [-0.15, -0.1) is 0 Å². The van der Waals surface area contributed by atoms with E-state index in [2.05, 4.69) is 4.98 Å². The highest BCUT2D eigenvalue weighted by Gasteiger charge is 2.32. The molecule has 2 aromatic heterocycles. The molecule has 9 heteroatoms. The summed E-state index contributed by atoms with van der Waals surface area (Å²) in [5.41, 5.74) is 3.14. The number of piperidine rings is 1. The molecule has 0 bridgehead atoms. The van der Waals surface area contributed by atoms with Crippen molar-refractivity contribution in [2.45, 2.75) is 32.2 Å². The van der Waals surface area contributed by atoms with Crippen LogP contribution in [0.5, 0.6) is 17.2 Å². The molecule has 5 rings (SSSR count). The smallest absolute Gasteiger partial charge is 0.407 e. The monoisotopic (exact) mass is 476 g/mol. The summed E-state index contributed by atoms with van der Waals surface area (Å²) >= 11 is 0. The zero-order valence-electron chi connectivity index (χ0n) is 19.4. The van der Waals surface area contributed by atoms with E-state index in [1.54, 1.807) is 24.4 Å². The van der Waals surface area contributed by atoms with E-state index in [9.17, 15) is 14.3 Å². The van der Waals surface area contributed by atoms with Crippen molar-refractivity contribution in [2.75, 3.05) is 13.7 Å². The molecule has 1 fully saturated rings. The number of aromatic nitrogens is 3. The lowest BCUT2D eigenvalue weighted by Gasteiger charge is -2.32. The Balaban J connectivity index is 1.52. The van der Waals surface area contributed by atoms with E-state index < -0.39 is 11.9 Å². The fourth-order valence-electron chi connectivity index (χ4n) is 4.62. The third kappa shape index (κ3) is 4.14. The first-order valence-corrected chi connectivity index (χ1v) is 11.4. The lowest BCUT2D eigenvalue weighted by Crippen LogP contribution is -2.38. The van der Waals surface area contributed by atoms with Gasteiger partial charge in [0, 0.05) is 24.5 Å². The van der Waals surface area contributed by atoms with Gasteiger partial charge in [0.25, 0.3) is 0 Å². The van der Waals surface area contributed by atoms with Gasteiger partial charge in [-0.05, 0) is 62.6 Å². The van der Waals surface area contributed by atoms with Crippen molar-refractivity contribution < 1.29 is 23.8 Å². The summed E-state index contributed by atoms with van der Waals surface area (Å²) in [6, 6.07) is 11.6. The molecule has 0 radical (unpaired) electrons. The zero-order chi connectivity index (χ0) is 24.5. The van der Waals surface area contributed by atoms with Crippen molar-refractivity contribution in [1.82, 2.24) is 19.3 Å². The number of hydrogen-bond acceptors (Lipinski definition) is 5. The quantitative estimate of drug-likeness (QED) is 0.389. The van der Waals surface area contributed by atoms with E-state index in [4.69, 9.17) is 14.5 Å². The number of halogens is 1. The summed E-state index contributed by atoms with van der Waals surface area (Å²) in [5, 5.41) is 9.75. The van der Waals surface area contributed by atoms with Gasteiger partial charge in [0.15, 0.2) is 11.5 Å². The second kappa shape index (κ2) is 9.25. The van der Waals surface area contributed by atoms with Gasteiger partial charge in [-0.25, -0.2) is 9.78 Å². The molecule has 1 unspecified atom stereocenters. The summed E-state index contributed by atoms with van der Waals surface area (Å²) in [5.74, 6) is 0.751. The number of imidazole rings is 1. The van der Waals surface area contributed by atoms with Crippen LogP contribution in [0.2, 0.25) is 0 Å². The van der Waals surface area contributed by atoms with Gasteiger partial charge < -0.3 is 14.6 Å². The zero-order valence-corrected chi connectivity index (χ0v) is 19.4. The number of methoxy groups -OCH3 is 1. The van der Waals surface area contributed by atoms with Crippen LogP contribution in [0.3, 0.4) is 0 Å². The number of benzene rings is 2. The average Bonchev–Trinajstić information content (AvgIpc) is 3.26. The van der Waals surface area contributed by atoms with Crippen molar-refractivity contribution in [3.05, 3.63) is 72.2 Å². The molecule has 0 saturated carbocycles. The maximum Gasteiger partial charge on any atom is 0.407 e. The molecule has 1 aliphatic rings. The number of aryl methyl sites for hydroxylation is 1. The van der Waals surface area contributed by atoms with E-state index >= 15 is 0 Å². The Morgan fingerprint density at radius 3 is 2.66 bits per heavy atom. The van der Waals surface area contributed by atoms with Crippen LogP contribution in [0.25, 0.3) is 16.8 Å². The number of hydrogen-bond donors (Lipinski definition) is 1. The number of ether oxygens (including phenoxy) is 2. The Hall–Kier alpha value is -4.14. The van der Waals surface area contributed by atoms with Crippen LogP contribution in [0, 0.1) is 12.7 Å². The Bertz CT molecular complexity index is 1390. The summed E-state index contributed by atoms with van der Waals surface area (Å²) in [7, 11) is 1.40. The number of amides is 1. The van der Waals surface area contributed by atoms with Crippen LogP contribution in [-0.2, 0) is 0 Å². The van der Waals surface area contributed by atoms with Gasteiger partial charge in [0.2, 0.25) is 5.82 Å². The number of rotatable bonds is 5. The molecule has 4 aromatic rings. The third-order valence-corrected chi connectivity index (χ3v) is 6.31. The highest BCUT2D eigenvalue weighted by atomic mass is 19.1. The predicted molar refractivity (Wildman–Crippen MR) is 128 cm³/mol. The van der Waals surface area contributed by atoms with E-state index in [1.807, 2.05) is 29.7 Å². The molecule has 2 aromatic carbocycles. The number of carbonyl (C=O) groups is 1. The average molecular weight is 477 g/mol. The number of likely N-dealkylation sites (tertiary alicyclic amines) is 1. The maximum absolute atomic E-state index is 14.5. The minimum absolute atomic E-state index is 0.0675. The van der Waals surface area contributed by atoms with Crippen molar-refractivity contribution in [1.29, 1.82) is 0 Å². The van der Waals surface area contributed by atoms with Crippen molar-refractivity contribution in [2.24, 2.45) is 0 Å². The number of carboxylic acid groups (broad SMARTS) is 1. The van der Waals surface area contributed by atoms with Gasteiger partial charge in [0.1, 0.15) is 11.6 Å². The lowest BCUT2D eigenvalue weighted by atomic mass is 10.0. The van der Waals surface area contributed by atoms with Gasteiger partial charge in [-0.2, -0.15) is 4.39 Å². The Morgan fingerprint density at radius 1 is 1.14 bits per heavy atom. The van der Waals surface area contributed by atoms with Crippen LogP contribution in [0.4, 0.5) is 9.18 Å². The van der Waals surface area contributed by atoms with Gasteiger partial charge in [-0.1, -0.05) is 6.07 Å². The predicted octanol–water partition coefficient (Wildman–Crippen LogP) is 5.85. The molecule has 180 valence electrons. The number of fused-ring (bicyclic) bond motifs is 1. The molecule has 8 nitrogen and oxygen atoms in total. The Labute approximate surface area is 201 Å². The SMILES string of the molecule is COc1cccc(Oc2ccc(-c3nc(C4CCCCN4C(=O)O)n4ccnc(C)c34)cc2)c1F. The van der Waals surface area contributed by atoms with E-state index in [0.717, 1.165) is 29.6 Å². The highest BCUT2D eigenvalue weighted by Crippen LogP contribution is 2.36. The summed E-state index contributed by atoms with van der Waals surface area (Å²) in [6.07, 6.45) is 5.08. The van der Waals surface area contributed by atoms with Crippen molar-refractivity contribution in [3.8, 4) is 28.5 Å². The number of nitrogens with zero attached hydrogens (tertiary/aromatic N) is 4. The second-order valence-electron chi connectivity index (χ2n) is 8.44. The van der Waals surface area contributed by atoms with E-state index in [0.29, 0.717) is 30.2 Å². The third-order valence-electron chi connectivity index (χ3n) is 6.31. The Kier molecular flexibility index (Phi) is 5.98. The maximum atomic E-state index is 14.5. The molecule has 35 heavy (non-hydrogen) atoms. The highest BCUT2D eigenvalue weighted by molar-refractivity contribution is 5.80. The molecule has 0 aliphatic carbocycles. The van der Waals surface area contributed by atoms with Crippen LogP contribution in [-0.4, -0.2) is 44.1 Å². The van der Waals surface area contributed by atoms with Gasteiger partial charge >= 0.3 is 6.09 Å². The van der Waals surface area contributed by atoms with Crippen molar-refractivity contribution in [3.63, 3.8) is 0 Å². The summed E-state index contributed by atoms with van der Waals surface area (Å²) in [6.45, 7) is 2.39. The minimum Gasteiger partial charge on any atom is -0.494 e. The van der Waals surface area contributed by atoms with Crippen LogP contribution >= 0.6 is 0 Å². The molecule has 1 aliphatic heterocycles. The molecule has 1 saturated heterocycles. The molecule has 0 spiro atoms. The lowest BCUT2D eigenvalue weighted by molar-refractivity contribution is 0.103. The van der Waals surface area contributed by atoms with Crippen LogP contribution < -0.4 is 9.47 Å². The summed E-state index contributed by atoms with van der Waals surface area (Å²) < 4.78 is 27.2. The first kappa shape index (κ1) is 22.6. The van der Waals surface area contributed by atoms with Gasteiger partial charge in [-0.3, -0.25) is 14.3 Å². The topological polar surface area (TPSA) is 89.2 Å². The van der Waals surface area contributed by atoms with E-state index in [1.165, 1.54) is 24.1 Å². The molecular weight excluding hydrogens is 451 g/mol. The molecule has 1 N–H and O–H groups in total. The Morgan fingerprint density at radius 2 is 1.91 bits per heavy atom. The van der Waals surface area contributed by atoms with E-state index in [-0.39, 0.29) is 17.5 Å². The van der Waals surface area contributed by atoms with Crippen molar-refractivity contribution >= 4 is 11.6 Å². The van der Waals surface area contributed by atoms with Crippen LogP contribution in [0.15, 0.2) is 54.9 Å². The largest absolute Gasteiger partial charge is 0.494 e. The fraction of sp³-hybridized carbons (Fsp3) is 0.269. The van der Waals surface area contributed by atoms with Crippen LogP contribution in [0.1, 0.15) is 36.8 Å². The standard InChI is InChI=1S/C26H25FN4O4/c1-16-24-23(17-9-11-18(12-10-17)35-21-8-5-7-20(34-2)22(21)27)29-25(31(24)15-13-28-16)19-6-3-4-14-30(19)26(32)33/h5,7-13,15,19H,3-4,6,14H2,1-2H3,(H,32,33). The first-order chi connectivity index (χ1) is 17.0. The molecular formula is C26H25FN4O4. The minimum atomic E-state index is -0.940. The normalized spacial score (nSPS) is 15.9. The summed E-state index contributed by atoms with van der Waals surface area (Å²) in [4.78, 5) is 22.7. The van der Waals surface area contributed by atoms with Gasteiger partial charge in [0.05, 0.1) is 30.1 Å². The first-order valence-electron chi connectivity index (χ1n) is 11.4. The molecule has 1 amide bonds. The molecule has 3 heterocycles.